The molecule has 0 bridgehead atoms. The maximum absolute atomic E-state index is 13.4. The van der Waals surface area contributed by atoms with Gasteiger partial charge < -0.3 is 19.4 Å². The molecule has 180 valence electrons. The van der Waals surface area contributed by atoms with Crippen LogP contribution in [0, 0.1) is 5.82 Å². The first-order valence-electron chi connectivity index (χ1n) is 11.3. The van der Waals surface area contributed by atoms with Gasteiger partial charge in [-0.1, -0.05) is 6.07 Å². The average Bonchev–Trinajstić information content (AvgIpc) is 3.28. The van der Waals surface area contributed by atoms with Crippen molar-refractivity contribution in [2.75, 3.05) is 19.6 Å². The first-order chi connectivity index (χ1) is 16.9. The number of amides is 1. The molecular formula is C25H25FN6O3. The molecule has 1 unspecified atom stereocenters. The molecule has 1 aliphatic heterocycles. The van der Waals surface area contributed by atoms with Crippen LogP contribution >= 0.6 is 0 Å². The molecule has 0 spiro atoms. The number of rotatable bonds is 6. The van der Waals surface area contributed by atoms with Crippen LogP contribution in [0.5, 0.6) is 0 Å². The van der Waals surface area contributed by atoms with Gasteiger partial charge in [0.25, 0.3) is 11.5 Å². The zero-order valence-electron chi connectivity index (χ0n) is 19.2. The first kappa shape index (κ1) is 22.9. The molecule has 3 aromatic heterocycles. The molecule has 0 fully saturated rings. The Bertz CT molecular complexity index is 1460. The van der Waals surface area contributed by atoms with Gasteiger partial charge in [0.1, 0.15) is 11.5 Å². The Balaban J connectivity index is 1.20. The minimum absolute atomic E-state index is 0.0797. The average molecular weight is 477 g/mol. The Labute approximate surface area is 200 Å². The standard InChI is InChI=1S/C25H25FN6O3/c1-30-6-4-17(9-24(30)34)21-14-32-15-22(29-23(32)11-27-21)25(35)28-10-20(33)13-31-7-5-16-8-19(26)3-2-18(16)12-31/h2-4,6,8-9,11,14-15,20,33H,5,7,10,12-13H2,1H3,(H,28,35). The second-order valence-corrected chi connectivity index (χ2v) is 8.79. The molecule has 2 N–H and O–H groups in total. The molecule has 10 heteroatoms. The third-order valence-corrected chi connectivity index (χ3v) is 6.20. The zero-order valence-corrected chi connectivity index (χ0v) is 19.2. The van der Waals surface area contributed by atoms with E-state index in [1.54, 1.807) is 54.4 Å². The number of carbonyl (C=O) groups excluding carboxylic acids is 1. The van der Waals surface area contributed by atoms with Gasteiger partial charge in [0.05, 0.1) is 18.0 Å². The van der Waals surface area contributed by atoms with E-state index in [9.17, 15) is 19.1 Å². The lowest BCUT2D eigenvalue weighted by molar-refractivity contribution is 0.0838. The van der Waals surface area contributed by atoms with E-state index in [-0.39, 0.29) is 23.6 Å². The molecule has 5 rings (SSSR count). The molecule has 0 saturated carbocycles. The van der Waals surface area contributed by atoms with Crippen LogP contribution in [-0.4, -0.2) is 60.6 Å². The molecule has 4 heterocycles. The number of aryl methyl sites for hydroxylation is 1. The summed E-state index contributed by atoms with van der Waals surface area (Å²) in [7, 11) is 1.67. The number of aliphatic hydroxyl groups excluding tert-OH is 1. The quantitative estimate of drug-likeness (QED) is 0.436. The van der Waals surface area contributed by atoms with Gasteiger partial charge in [0.2, 0.25) is 0 Å². The molecule has 0 radical (unpaired) electrons. The van der Waals surface area contributed by atoms with Gasteiger partial charge in [-0.25, -0.2) is 9.37 Å². The SMILES string of the molecule is Cn1ccc(-c2cn3cc(C(=O)NCC(O)CN4CCc5cc(F)ccc5C4)nc3cn2)cc1=O. The number of nitrogens with zero attached hydrogens (tertiary/aromatic N) is 5. The lowest BCUT2D eigenvalue weighted by Crippen LogP contribution is -2.42. The minimum atomic E-state index is -0.757. The summed E-state index contributed by atoms with van der Waals surface area (Å²) < 4.78 is 16.5. The number of aromatic nitrogens is 4. The summed E-state index contributed by atoms with van der Waals surface area (Å²) in [5, 5.41) is 13.2. The first-order valence-corrected chi connectivity index (χ1v) is 11.3. The summed E-state index contributed by atoms with van der Waals surface area (Å²) >= 11 is 0. The van der Waals surface area contributed by atoms with Crippen LogP contribution in [-0.2, 0) is 20.0 Å². The van der Waals surface area contributed by atoms with Crippen LogP contribution in [0.3, 0.4) is 0 Å². The number of imidazole rings is 1. The summed E-state index contributed by atoms with van der Waals surface area (Å²) in [6.45, 7) is 1.83. The van der Waals surface area contributed by atoms with Crippen molar-refractivity contribution in [3.63, 3.8) is 0 Å². The van der Waals surface area contributed by atoms with Crippen molar-refractivity contribution in [2.24, 2.45) is 7.05 Å². The molecule has 1 aliphatic rings. The monoisotopic (exact) mass is 476 g/mol. The van der Waals surface area contributed by atoms with Gasteiger partial charge in [-0.15, -0.1) is 0 Å². The normalized spacial score (nSPS) is 14.6. The number of benzene rings is 1. The van der Waals surface area contributed by atoms with E-state index in [0.717, 1.165) is 24.1 Å². The van der Waals surface area contributed by atoms with E-state index in [2.05, 4.69) is 20.2 Å². The van der Waals surface area contributed by atoms with Crippen molar-refractivity contribution in [1.29, 1.82) is 0 Å². The van der Waals surface area contributed by atoms with Crippen LogP contribution < -0.4 is 10.9 Å². The van der Waals surface area contributed by atoms with E-state index in [1.165, 1.54) is 16.7 Å². The number of pyridine rings is 1. The van der Waals surface area contributed by atoms with Crippen LogP contribution in [0.1, 0.15) is 21.6 Å². The largest absolute Gasteiger partial charge is 0.390 e. The van der Waals surface area contributed by atoms with Gasteiger partial charge in [-0.05, 0) is 35.7 Å². The molecule has 0 aliphatic carbocycles. The van der Waals surface area contributed by atoms with Gasteiger partial charge >= 0.3 is 0 Å². The summed E-state index contributed by atoms with van der Waals surface area (Å²) in [5.74, 6) is -0.632. The van der Waals surface area contributed by atoms with E-state index >= 15 is 0 Å². The highest BCUT2D eigenvalue weighted by atomic mass is 19.1. The predicted molar refractivity (Wildman–Crippen MR) is 127 cm³/mol. The number of fused-ring (bicyclic) bond motifs is 2. The van der Waals surface area contributed by atoms with Crippen LogP contribution in [0.4, 0.5) is 4.39 Å². The van der Waals surface area contributed by atoms with Gasteiger partial charge in [-0.2, -0.15) is 0 Å². The van der Waals surface area contributed by atoms with Gasteiger partial charge in [0, 0.05) is 63.4 Å². The molecule has 1 aromatic carbocycles. The predicted octanol–water partition coefficient (Wildman–Crippen LogP) is 1.38. The molecule has 9 nitrogen and oxygen atoms in total. The third kappa shape index (κ3) is 4.98. The number of β-amino-alcohol motifs (C(OH)–C–C–N with tert-alkyl or cyclic N) is 1. The van der Waals surface area contributed by atoms with Crippen LogP contribution in [0.15, 0.2) is 59.9 Å². The molecule has 4 aromatic rings. The molecule has 1 atom stereocenters. The lowest BCUT2D eigenvalue weighted by Gasteiger charge is -2.30. The van der Waals surface area contributed by atoms with Gasteiger partial charge in [-0.3, -0.25) is 19.5 Å². The Hall–Kier alpha value is -3.89. The fourth-order valence-corrected chi connectivity index (χ4v) is 4.26. The zero-order chi connectivity index (χ0) is 24.5. The molecule has 35 heavy (non-hydrogen) atoms. The second-order valence-electron chi connectivity index (χ2n) is 8.79. The lowest BCUT2D eigenvalue weighted by atomic mass is 9.99. The summed E-state index contributed by atoms with van der Waals surface area (Å²) in [6.07, 6.45) is 6.48. The molecule has 0 saturated heterocycles. The highest BCUT2D eigenvalue weighted by Crippen LogP contribution is 2.20. The second kappa shape index (κ2) is 9.40. The minimum Gasteiger partial charge on any atom is -0.390 e. The van der Waals surface area contributed by atoms with Crippen molar-refractivity contribution in [1.82, 2.24) is 29.2 Å². The number of halogens is 1. The van der Waals surface area contributed by atoms with Gasteiger partial charge in [0.15, 0.2) is 5.65 Å². The van der Waals surface area contributed by atoms with Crippen molar-refractivity contribution in [3.8, 4) is 11.3 Å². The number of aliphatic hydroxyl groups is 1. The Kier molecular flexibility index (Phi) is 6.14. The number of nitrogens with one attached hydrogen (secondary N) is 1. The topological polar surface area (TPSA) is 105 Å². The summed E-state index contributed by atoms with van der Waals surface area (Å²) in [5.41, 5.74) is 3.87. The maximum atomic E-state index is 13.4. The number of hydrogen-bond acceptors (Lipinski definition) is 6. The van der Waals surface area contributed by atoms with E-state index in [4.69, 9.17) is 0 Å². The van der Waals surface area contributed by atoms with Crippen LogP contribution in [0.25, 0.3) is 16.9 Å². The highest BCUT2D eigenvalue weighted by molar-refractivity contribution is 5.92. The van der Waals surface area contributed by atoms with Crippen molar-refractivity contribution in [2.45, 2.75) is 19.1 Å². The molecule has 1 amide bonds. The Morgan fingerprint density at radius 1 is 1.23 bits per heavy atom. The number of carbonyl (C=O) groups is 1. The smallest absolute Gasteiger partial charge is 0.271 e. The summed E-state index contributed by atoms with van der Waals surface area (Å²) in [4.78, 5) is 35.3. The van der Waals surface area contributed by atoms with E-state index in [0.29, 0.717) is 30.0 Å². The van der Waals surface area contributed by atoms with E-state index in [1.807, 2.05) is 0 Å². The Morgan fingerprint density at radius 2 is 2.09 bits per heavy atom. The third-order valence-electron chi connectivity index (χ3n) is 6.20. The maximum Gasteiger partial charge on any atom is 0.271 e. The van der Waals surface area contributed by atoms with Crippen molar-refractivity contribution >= 4 is 11.6 Å². The van der Waals surface area contributed by atoms with Crippen molar-refractivity contribution < 1.29 is 14.3 Å². The fraction of sp³-hybridized carbons (Fsp3) is 0.280. The number of hydrogen-bond donors (Lipinski definition) is 2. The summed E-state index contributed by atoms with van der Waals surface area (Å²) in [6, 6.07) is 8.09. The van der Waals surface area contributed by atoms with Crippen molar-refractivity contribution in [3.05, 3.63) is 88.1 Å². The van der Waals surface area contributed by atoms with E-state index < -0.39 is 12.0 Å². The highest BCUT2D eigenvalue weighted by Gasteiger charge is 2.20. The fourth-order valence-electron chi connectivity index (χ4n) is 4.26. The Morgan fingerprint density at radius 3 is 2.91 bits per heavy atom. The van der Waals surface area contributed by atoms with Crippen LogP contribution in [0.2, 0.25) is 0 Å². The molecular weight excluding hydrogens is 451 g/mol.